The van der Waals surface area contributed by atoms with Crippen molar-refractivity contribution in [3.8, 4) is 6.07 Å². The van der Waals surface area contributed by atoms with Crippen molar-refractivity contribution in [3.63, 3.8) is 0 Å². The molecule has 114 valence electrons. The van der Waals surface area contributed by atoms with Gasteiger partial charge in [-0.15, -0.1) is 0 Å². The average molecular weight is 322 g/mol. The largest absolute Gasteiger partial charge is 0.241 e. The summed E-state index contributed by atoms with van der Waals surface area (Å²) >= 11 is 0. The maximum absolute atomic E-state index is 12.4. The quantitative estimate of drug-likeness (QED) is 0.800. The normalized spacial score (nSPS) is 12.7. The zero-order valence-corrected chi connectivity index (χ0v) is 13.0. The predicted octanol–water partition coefficient (Wildman–Crippen LogP) is 3.38. The summed E-state index contributed by atoms with van der Waals surface area (Å²) in [6, 6.07) is 22.3. The average Bonchev–Trinajstić information content (AvgIpc) is 2.60. The highest BCUT2D eigenvalue weighted by Gasteiger charge is 2.21. The SMILES string of the molecule is N#CC(NS(=O)(=O)c1ccccc1)c1ccc2ccccc2c1. The predicted molar refractivity (Wildman–Crippen MR) is 89.1 cm³/mol. The Labute approximate surface area is 135 Å². The third-order valence-corrected chi connectivity index (χ3v) is 5.00. The van der Waals surface area contributed by atoms with Crippen molar-refractivity contribution < 1.29 is 8.42 Å². The first-order valence-corrected chi connectivity index (χ1v) is 8.54. The molecule has 0 aliphatic carbocycles. The molecule has 0 amide bonds. The van der Waals surface area contributed by atoms with Gasteiger partial charge in [-0.25, -0.2) is 8.42 Å². The summed E-state index contributed by atoms with van der Waals surface area (Å²) in [6.07, 6.45) is 0. The number of fused-ring (bicyclic) bond motifs is 1. The van der Waals surface area contributed by atoms with Gasteiger partial charge in [0.05, 0.1) is 11.0 Å². The lowest BCUT2D eigenvalue weighted by atomic mass is 10.0. The first-order chi connectivity index (χ1) is 11.1. The first kappa shape index (κ1) is 15.2. The molecule has 5 heteroatoms. The lowest BCUT2D eigenvalue weighted by molar-refractivity contribution is 0.575. The van der Waals surface area contributed by atoms with Gasteiger partial charge in [0.15, 0.2) is 0 Å². The van der Waals surface area contributed by atoms with E-state index in [9.17, 15) is 13.7 Å². The van der Waals surface area contributed by atoms with Gasteiger partial charge in [0.25, 0.3) is 0 Å². The van der Waals surface area contributed by atoms with Crippen LogP contribution in [0.1, 0.15) is 11.6 Å². The summed E-state index contributed by atoms with van der Waals surface area (Å²) in [6.45, 7) is 0. The van der Waals surface area contributed by atoms with Gasteiger partial charge in [-0.2, -0.15) is 9.98 Å². The summed E-state index contributed by atoms with van der Waals surface area (Å²) in [4.78, 5) is 0.140. The van der Waals surface area contributed by atoms with Crippen LogP contribution in [0.3, 0.4) is 0 Å². The molecular formula is C18H14N2O2S. The highest BCUT2D eigenvalue weighted by atomic mass is 32.2. The van der Waals surface area contributed by atoms with Crippen molar-refractivity contribution >= 4 is 20.8 Å². The maximum atomic E-state index is 12.4. The number of nitriles is 1. The van der Waals surface area contributed by atoms with Crippen LogP contribution in [-0.4, -0.2) is 8.42 Å². The molecule has 0 aromatic heterocycles. The lowest BCUT2D eigenvalue weighted by Gasteiger charge is -2.13. The van der Waals surface area contributed by atoms with Crippen molar-refractivity contribution in [2.45, 2.75) is 10.9 Å². The van der Waals surface area contributed by atoms with E-state index in [0.717, 1.165) is 10.8 Å². The van der Waals surface area contributed by atoms with Crippen molar-refractivity contribution in [1.82, 2.24) is 4.72 Å². The highest BCUT2D eigenvalue weighted by Crippen LogP contribution is 2.22. The monoisotopic (exact) mass is 322 g/mol. The third-order valence-electron chi connectivity index (χ3n) is 3.56. The zero-order chi connectivity index (χ0) is 16.3. The van der Waals surface area contributed by atoms with Gasteiger partial charge in [0.2, 0.25) is 10.0 Å². The molecule has 1 unspecified atom stereocenters. The summed E-state index contributed by atoms with van der Waals surface area (Å²) in [7, 11) is -3.75. The molecule has 1 atom stereocenters. The molecule has 0 bridgehead atoms. The van der Waals surface area contributed by atoms with E-state index < -0.39 is 16.1 Å². The van der Waals surface area contributed by atoms with Gasteiger partial charge in [0, 0.05) is 0 Å². The maximum Gasteiger partial charge on any atom is 0.241 e. The summed E-state index contributed by atoms with van der Waals surface area (Å²) in [5.74, 6) is 0. The Morgan fingerprint density at radius 1 is 0.870 bits per heavy atom. The first-order valence-electron chi connectivity index (χ1n) is 7.06. The van der Waals surface area contributed by atoms with Gasteiger partial charge in [0.1, 0.15) is 6.04 Å². The number of sulfonamides is 1. The Bertz CT molecular complexity index is 977. The second kappa shape index (κ2) is 6.21. The minimum absolute atomic E-state index is 0.140. The van der Waals surface area contributed by atoms with Gasteiger partial charge in [-0.3, -0.25) is 0 Å². The molecule has 3 rings (SSSR count). The van der Waals surface area contributed by atoms with Gasteiger partial charge in [-0.05, 0) is 34.5 Å². The van der Waals surface area contributed by atoms with Crippen LogP contribution in [0.4, 0.5) is 0 Å². The molecule has 1 N–H and O–H groups in total. The second-order valence-electron chi connectivity index (χ2n) is 5.10. The molecular weight excluding hydrogens is 308 g/mol. The molecule has 23 heavy (non-hydrogen) atoms. The molecule has 0 saturated heterocycles. The highest BCUT2D eigenvalue weighted by molar-refractivity contribution is 7.89. The van der Waals surface area contributed by atoms with Crippen LogP contribution in [0.25, 0.3) is 10.8 Å². The molecule has 3 aromatic rings. The standard InChI is InChI=1S/C18H14N2O2S/c19-13-18(20-23(21,22)17-8-2-1-3-9-17)16-11-10-14-6-4-5-7-15(14)12-16/h1-12,18,20H. The van der Waals surface area contributed by atoms with E-state index in [1.54, 1.807) is 24.3 Å². The van der Waals surface area contributed by atoms with Crippen molar-refractivity contribution in [3.05, 3.63) is 78.4 Å². The van der Waals surface area contributed by atoms with Crippen LogP contribution in [0.2, 0.25) is 0 Å². The van der Waals surface area contributed by atoms with Gasteiger partial charge in [-0.1, -0.05) is 54.6 Å². The molecule has 0 fully saturated rings. The van der Waals surface area contributed by atoms with Crippen LogP contribution < -0.4 is 4.72 Å². The molecule has 0 spiro atoms. The fourth-order valence-corrected chi connectivity index (χ4v) is 3.53. The molecule has 0 radical (unpaired) electrons. The van der Waals surface area contributed by atoms with Crippen molar-refractivity contribution in [2.24, 2.45) is 0 Å². The van der Waals surface area contributed by atoms with E-state index in [-0.39, 0.29) is 4.90 Å². The molecule has 0 aliphatic heterocycles. The molecule has 3 aromatic carbocycles. The van der Waals surface area contributed by atoms with Crippen LogP contribution in [-0.2, 0) is 10.0 Å². The van der Waals surface area contributed by atoms with E-state index in [1.165, 1.54) is 12.1 Å². The molecule has 4 nitrogen and oxygen atoms in total. The fourth-order valence-electron chi connectivity index (χ4n) is 2.38. The molecule has 0 aliphatic rings. The van der Waals surface area contributed by atoms with E-state index in [0.29, 0.717) is 5.56 Å². The number of rotatable bonds is 4. The zero-order valence-electron chi connectivity index (χ0n) is 12.2. The Hall–Kier alpha value is -2.68. The number of nitrogens with one attached hydrogen (secondary N) is 1. The Kier molecular flexibility index (Phi) is 4.11. The van der Waals surface area contributed by atoms with E-state index >= 15 is 0 Å². The minimum Gasteiger partial charge on any atom is -0.207 e. The van der Waals surface area contributed by atoms with Crippen molar-refractivity contribution in [1.29, 1.82) is 5.26 Å². The summed E-state index contributed by atoms with van der Waals surface area (Å²) in [5, 5.41) is 11.4. The number of hydrogen-bond donors (Lipinski definition) is 1. The third kappa shape index (κ3) is 3.24. The van der Waals surface area contributed by atoms with Crippen LogP contribution in [0.15, 0.2) is 77.7 Å². The lowest BCUT2D eigenvalue weighted by Crippen LogP contribution is -2.27. The topological polar surface area (TPSA) is 70.0 Å². The number of benzene rings is 3. The smallest absolute Gasteiger partial charge is 0.207 e. The van der Waals surface area contributed by atoms with E-state index in [2.05, 4.69) is 4.72 Å². The summed E-state index contributed by atoms with van der Waals surface area (Å²) < 4.78 is 27.2. The minimum atomic E-state index is -3.75. The van der Waals surface area contributed by atoms with Gasteiger partial charge >= 0.3 is 0 Å². The van der Waals surface area contributed by atoms with Crippen LogP contribution >= 0.6 is 0 Å². The van der Waals surface area contributed by atoms with Crippen molar-refractivity contribution in [2.75, 3.05) is 0 Å². The van der Waals surface area contributed by atoms with Crippen LogP contribution in [0, 0.1) is 11.3 Å². The molecule has 0 heterocycles. The fraction of sp³-hybridized carbons (Fsp3) is 0.0556. The Morgan fingerprint density at radius 2 is 1.52 bits per heavy atom. The Morgan fingerprint density at radius 3 is 2.22 bits per heavy atom. The van der Waals surface area contributed by atoms with Gasteiger partial charge < -0.3 is 0 Å². The Balaban J connectivity index is 1.95. The number of nitrogens with zero attached hydrogens (tertiary/aromatic N) is 1. The van der Waals surface area contributed by atoms with E-state index in [4.69, 9.17) is 0 Å². The van der Waals surface area contributed by atoms with E-state index in [1.807, 2.05) is 42.5 Å². The number of hydrogen-bond acceptors (Lipinski definition) is 3. The van der Waals surface area contributed by atoms with Crippen LogP contribution in [0.5, 0.6) is 0 Å². The molecule has 0 saturated carbocycles. The second-order valence-corrected chi connectivity index (χ2v) is 6.82. The summed E-state index contributed by atoms with van der Waals surface area (Å²) in [5.41, 5.74) is 0.616.